The van der Waals surface area contributed by atoms with E-state index in [9.17, 15) is 57.8 Å². The first kappa shape index (κ1) is 65.2. The number of urea groups is 1. The van der Waals surface area contributed by atoms with Crippen molar-refractivity contribution in [3.05, 3.63) is 71.9 Å². The molecule has 3 aliphatic heterocycles. The molecule has 19 N–H and O–H groups in total. The van der Waals surface area contributed by atoms with E-state index >= 15 is 0 Å². The largest absolute Gasteiger partial charge is 0.481 e. The SMILES string of the molecule is CC(=O)[C@@H]1CSSC[C@H](NC(=O)[C@H](CCCN=C(N)N)N2C(=O)CNC2=O)C(=O)N[C@@H](CCC(=O)O)C(=O)N[C@@H](CC2CN=CN2)C(=O)N[C@H](Cc2ccccc2)C(=O)N[C@@H](CCCN=C(N)N)C(=O)N[C@@H](Cc2c[nH]c3ccccc23)C(=O)N1. The molecule has 3 aromatic rings. The maximum Gasteiger partial charge on any atom is 0.325 e. The fourth-order valence-corrected chi connectivity index (χ4v) is 11.8. The van der Waals surface area contributed by atoms with Gasteiger partial charge in [-0.05, 0) is 62.6 Å². The molecule has 9 atom stereocenters. The molecule has 0 aliphatic carbocycles. The van der Waals surface area contributed by atoms with Crippen molar-refractivity contribution >= 4 is 116 Å². The van der Waals surface area contributed by atoms with Crippen molar-refractivity contribution in [3.8, 4) is 0 Å². The molecule has 2 saturated heterocycles. The minimum Gasteiger partial charge on any atom is -0.481 e. The van der Waals surface area contributed by atoms with E-state index < -0.39 is 139 Å². The van der Waals surface area contributed by atoms with Gasteiger partial charge in [0.1, 0.15) is 42.3 Å². The van der Waals surface area contributed by atoms with Crippen molar-refractivity contribution in [2.45, 2.75) is 119 Å². The molecule has 0 bridgehead atoms. The summed E-state index contributed by atoms with van der Waals surface area (Å²) in [6, 6.07) is 2.51. The fraction of sp³-hybridized carbons (Fsp3) is 0.472. The van der Waals surface area contributed by atoms with Gasteiger partial charge in [0.05, 0.1) is 25.5 Å². The van der Waals surface area contributed by atoms with E-state index in [0.29, 0.717) is 16.0 Å². The minimum absolute atomic E-state index is 0.0113. The third-order valence-corrected chi connectivity index (χ3v) is 16.2. The first-order valence-corrected chi connectivity index (χ1v) is 29.8. The normalized spacial score (nSPS) is 23.4. The molecule has 0 radical (unpaired) electrons. The number of Topliss-reactive ketones (excluding diaryl/α,β-unsaturated/α-hetero) is 1. The molecule has 4 heterocycles. The quantitative estimate of drug-likeness (QED) is 0.0163. The number of H-pyrrole nitrogens is 1. The van der Waals surface area contributed by atoms with Crippen molar-refractivity contribution in [3.63, 3.8) is 0 Å². The number of hydrogen-bond donors (Lipinski definition) is 15. The van der Waals surface area contributed by atoms with E-state index in [1.165, 1.54) is 13.3 Å². The van der Waals surface area contributed by atoms with Crippen LogP contribution in [0.5, 0.6) is 0 Å². The predicted molar refractivity (Wildman–Crippen MR) is 317 cm³/mol. The van der Waals surface area contributed by atoms with Crippen LogP contribution in [0.4, 0.5) is 4.79 Å². The number of carboxylic acids is 1. The van der Waals surface area contributed by atoms with Crippen LogP contribution in [0.25, 0.3) is 10.9 Å². The van der Waals surface area contributed by atoms with Gasteiger partial charge in [-0.25, -0.2) is 4.79 Å². The number of fused-ring (bicyclic) bond motifs is 1. The Balaban J connectivity index is 1.42. The third kappa shape index (κ3) is 20.1. The van der Waals surface area contributed by atoms with E-state index in [2.05, 4.69) is 67.8 Å². The summed E-state index contributed by atoms with van der Waals surface area (Å²) >= 11 is 0. The third-order valence-electron chi connectivity index (χ3n) is 13.8. The van der Waals surface area contributed by atoms with E-state index in [4.69, 9.17) is 22.9 Å². The molecular weight excluding hydrogens is 1140 g/mol. The lowest BCUT2D eigenvalue weighted by atomic mass is 10.0. The summed E-state index contributed by atoms with van der Waals surface area (Å²) in [6.07, 6.45) is 1.37. The van der Waals surface area contributed by atoms with Crippen LogP contribution >= 0.6 is 21.6 Å². The molecule has 0 spiro atoms. The zero-order valence-corrected chi connectivity index (χ0v) is 48.1. The Bertz CT molecular complexity index is 2990. The van der Waals surface area contributed by atoms with Gasteiger partial charge < -0.3 is 80.9 Å². The number of carboxylic acid groups (broad SMARTS) is 1. The Kier molecular flexibility index (Phi) is 24.7. The number of carbonyl (C=O) groups is 11. The molecule has 0 saturated carbocycles. The maximum absolute atomic E-state index is 14.8. The van der Waals surface area contributed by atoms with Crippen LogP contribution in [0.1, 0.15) is 63.0 Å². The van der Waals surface area contributed by atoms with Gasteiger partial charge in [-0.15, -0.1) is 0 Å². The highest BCUT2D eigenvalue weighted by atomic mass is 33.1. The first-order chi connectivity index (χ1) is 40.7. The van der Waals surface area contributed by atoms with Gasteiger partial charge in [-0.2, -0.15) is 0 Å². The van der Waals surface area contributed by atoms with E-state index in [1.54, 1.807) is 42.6 Å². The number of hydrogen-bond acceptors (Lipinski definition) is 17. The van der Waals surface area contributed by atoms with Crippen molar-refractivity contribution in [2.24, 2.45) is 37.9 Å². The second kappa shape index (κ2) is 32.2. The molecule has 1 unspecified atom stereocenters. The van der Waals surface area contributed by atoms with Gasteiger partial charge in [0.25, 0.3) is 5.91 Å². The number of guanidine groups is 2. The van der Waals surface area contributed by atoms with Crippen LogP contribution in [0.2, 0.25) is 0 Å². The summed E-state index contributed by atoms with van der Waals surface area (Å²) in [6.45, 7) is 0.982. The number of nitrogens with zero attached hydrogens (tertiary/aromatic N) is 4. The smallest absolute Gasteiger partial charge is 0.325 e. The van der Waals surface area contributed by atoms with Gasteiger partial charge >= 0.3 is 12.0 Å². The summed E-state index contributed by atoms with van der Waals surface area (Å²) in [7, 11) is 1.93. The standard InChI is InChI=1S/C53H72N18O12S2/c1-28(72)39-25-84-85-26-40(70-50(82)41(14-8-18-60-52(56)57)71-42(73)24-62-53(71)83)49(81)65-35(15-16-43(74)75)45(77)68-38(21-31-23-58-27-63-31)48(80)66-36(19-29-9-3-2-4-10-29)46(78)64-34(13-7-17-59-51(54)55)44(76)67-37(47(79)69-39)20-30-22-61-33-12-6-5-11-32(30)33/h2-6,9-12,22,27,31,34-41,61H,7-8,13-21,23-26H2,1H3,(H,58,63)(H,62,83)(H,64,78)(H,65,81)(H,66,80)(H,67,76)(H,68,77)(H,69,79)(H,70,82)(H,74,75)(H4,54,55,59)(H4,56,57,60)/t31?,34-,35-,36+,37-,38-,39-,40-,41-/m0/s1. The number of aliphatic carboxylic acids is 1. The number of benzene rings is 2. The number of aromatic amines is 1. The van der Waals surface area contributed by atoms with E-state index in [0.717, 1.165) is 32.5 Å². The lowest BCUT2D eigenvalue weighted by Gasteiger charge is -2.29. The van der Waals surface area contributed by atoms with Crippen molar-refractivity contribution in [1.82, 2.24) is 57.7 Å². The van der Waals surface area contributed by atoms with Crippen LogP contribution < -0.4 is 70.8 Å². The molecule has 2 aromatic carbocycles. The average molecular weight is 1220 g/mol. The molecule has 6 rings (SSSR count). The summed E-state index contributed by atoms with van der Waals surface area (Å²) in [4.78, 5) is 170. The average Bonchev–Trinajstić information content (AvgIpc) is 3.65. The van der Waals surface area contributed by atoms with Crippen LogP contribution in [0.3, 0.4) is 0 Å². The Hall–Kier alpha value is -8.94. The number of aromatic nitrogens is 1. The Morgan fingerprint density at radius 3 is 1.95 bits per heavy atom. The second-order valence-electron chi connectivity index (χ2n) is 20.2. The Morgan fingerprint density at radius 1 is 0.718 bits per heavy atom. The minimum atomic E-state index is -1.71. The summed E-state index contributed by atoms with van der Waals surface area (Å²) in [5.41, 5.74) is 24.1. The van der Waals surface area contributed by atoms with Crippen LogP contribution in [-0.4, -0.2) is 190 Å². The lowest BCUT2D eigenvalue weighted by molar-refractivity contribution is -0.139. The lowest BCUT2D eigenvalue weighted by Crippen LogP contribution is -2.61. The number of ketones is 1. The number of nitrogens with two attached hydrogens (primary N) is 4. The molecule has 3 aliphatic rings. The van der Waals surface area contributed by atoms with Crippen molar-refractivity contribution in [1.29, 1.82) is 0 Å². The zero-order valence-electron chi connectivity index (χ0n) is 46.5. The van der Waals surface area contributed by atoms with Gasteiger partial charge in [-0.3, -0.25) is 67.8 Å². The first-order valence-electron chi connectivity index (χ1n) is 27.3. The summed E-state index contributed by atoms with van der Waals surface area (Å²) < 4.78 is 0. The molecule has 1 aromatic heterocycles. The van der Waals surface area contributed by atoms with Gasteiger partial charge in [0.15, 0.2) is 17.7 Å². The van der Waals surface area contributed by atoms with Crippen LogP contribution in [-0.2, 0) is 60.8 Å². The van der Waals surface area contributed by atoms with Gasteiger partial charge in [0, 0.05) is 67.0 Å². The molecule has 458 valence electrons. The molecule has 30 nitrogen and oxygen atoms in total. The van der Waals surface area contributed by atoms with Gasteiger partial charge in [-0.1, -0.05) is 70.1 Å². The zero-order chi connectivity index (χ0) is 61.6. The topological polar surface area (TPSA) is 476 Å². The maximum atomic E-state index is 14.8. The predicted octanol–water partition coefficient (Wildman–Crippen LogP) is -3.39. The number of rotatable bonds is 21. The fourth-order valence-electron chi connectivity index (χ4n) is 9.35. The second-order valence-corrected chi connectivity index (χ2v) is 22.8. The van der Waals surface area contributed by atoms with E-state index in [-0.39, 0.29) is 88.0 Å². The summed E-state index contributed by atoms with van der Waals surface area (Å²) in [5, 5.41) is 34.7. The molecule has 10 amide bonds. The number of aliphatic imine (C=N–C) groups is 3. The monoisotopic (exact) mass is 1220 g/mol. The summed E-state index contributed by atoms with van der Waals surface area (Å²) in [5.74, 6) is -10.1. The highest BCUT2D eigenvalue weighted by Gasteiger charge is 2.41. The Labute approximate surface area is 496 Å². The van der Waals surface area contributed by atoms with E-state index in [1.807, 2.05) is 18.2 Å². The Morgan fingerprint density at radius 2 is 1.31 bits per heavy atom. The van der Waals surface area contributed by atoms with Crippen LogP contribution in [0, 0.1) is 0 Å². The van der Waals surface area contributed by atoms with Crippen LogP contribution in [0.15, 0.2) is 75.8 Å². The number of para-hydroxylation sites is 1. The van der Waals surface area contributed by atoms with Gasteiger partial charge in [0.2, 0.25) is 41.4 Å². The number of imide groups is 1. The molecule has 2 fully saturated rings. The molecular formula is C53H72N18O12S2. The number of amides is 10. The number of carbonyl (C=O) groups excluding carboxylic acids is 10. The highest BCUT2D eigenvalue weighted by molar-refractivity contribution is 8.76. The highest BCUT2D eigenvalue weighted by Crippen LogP contribution is 2.25. The molecule has 85 heavy (non-hydrogen) atoms. The van der Waals surface area contributed by atoms with Crippen molar-refractivity contribution < 1.29 is 57.8 Å². The molecule has 32 heteroatoms. The van der Waals surface area contributed by atoms with Crippen molar-refractivity contribution in [2.75, 3.05) is 37.7 Å². The number of nitrogens with one attached hydrogen (secondary N) is 10.